The van der Waals surface area contributed by atoms with Crippen LogP contribution in [0.5, 0.6) is 0 Å². The number of nitrogens with zero attached hydrogens (tertiary/aromatic N) is 1. The second-order valence-corrected chi connectivity index (χ2v) is 3.71. The van der Waals surface area contributed by atoms with Crippen LogP contribution < -0.4 is 0 Å². The Balaban J connectivity index is 2.26. The molecule has 0 atom stereocenters. The molecule has 2 rings (SSSR count). The van der Waals surface area contributed by atoms with E-state index in [0.717, 1.165) is 18.1 Å². The molecular formula is C12H15NO. The van der Waals surface area contributed by atoms with Crippen LogP contribution in [0.25, 0.3) is 0 Å². The average molecular weight is 189 g/mol. The lowest BCUT2D eigenvalue weighted by Gasteiger charge is -2.06. The first-order chi connectivity index (χ1) is 6.66. The van der Waals surface area contributed by atoms with E-state index in [9.17, 15) is 0 Å². The smallest absolute Gasteiger partial charge is 0.123 e. The molecule has 0 aliphatic heterocycles. The van der Waals surface area contributed by atoms with Crippen molar-refractivity contribution < 1.29 is 4.42 Å². The van der Waals surface area contributed by atoms with Crippen LogP contribution in [0.15, 0.2) is 28.7 Å². The molecule has 0 aliphatic carbocycles. The normalized spacial score (nSPS) is 10.8. The summed E-state index contributed by atoms with van der Waals surface area (Å²) in [5.41, 5.74) is 2.55. The molecule has 2 heterocycles. The Morgan fingerprint density at radius 1 is 1.00 bits per heavy atom. The zero-order valence-electron chi connectivity index (χ0n) is 8.87. The van der Waals surface area contributed by atoms with Gasteiger partial charge in [0.15, 0.2) is 0 Å². The van der Waals surface area contributed by atoms with Crippen molar-refractivity contribution in [1.82, 2.24) is 4.57 Å². The Hall–Kier alpha value is -1.44. The Bertz CT molecular complexity index is 417. The van der Waals surface area contributed by atoms with Gasteiger partial charge in [-0.25, -0.2) is 0 Å². The molecule has 0 aromatic carbocycles. The maximum absolute atomic E-state index is 5.55. The predicted molar refractivity (Wildman–Crippen MR) is 56.5 cm³/mol. The first-order valence-corrected chi connectivity index (χ1v) is 4.85. The standard InChI is InChI=1S/C12H15NO/c1-9-4-5-10(2)13(9)8-12-7-6-11(3)14-12/h4-7H,8H2,1-3H3. The summed E-state index contributed by atoms with van der Waals surface area (Å²) >= 11 is 0. The van der Waals surface area contributed by atoms with E-state index in [2.05, 4.69) is 30.5 Å². The van der Waals surface area contributed by atoms with Crippen molar-refractivity contribution in [2.75, 3.05) is 0 Å². The number of aromatic nitrogens is 1. The Labute approximate surface area is 84.2 Å². The van der Waals surface area contributed by atoms with Crippen LogP contribution in [0.3, 0.4) is 0 Å². The van der Waals surface area contributed by atoms with Crippen molar-refractivity contribution in [1.29, 1.82) is 0 Å². The molecule has 0 spiro atoms. The second kappa shape index (κ2) is 3.37. The van der Waals surface area contributed by atoms with Crippen LogP contribution in [0.1, 0.15) is 22.9 Å². The van der Waals surface area contributed by atoms with Gasteiger partial charge in [0, 0.05) is 11.4 Å². The van der Waals surface area contributed by atoms with Gasteiger partial charge in [-0.15, -0.1) is 0 Å². The minimum atomic E-state index is 0.832. The van der Waals surface area contributed by atoms with Crippen molar-refractivity contribution in [2.24, 2.45) is 0 Å². The highest BCUT2D eigenvalue weighted by Crippen LogP contribution is 2.13. The minimum absolute atomic E-state index is 0.832. The van der Waals surface area contributed by atoms with E-state index in [1.54, 1.807) is 0 Å². The quantitative estimate of drug-likeness (QED) is 0.710. The van der Waals surface area contributed by atoms with E-state index in [1.807, 2.05) is 19.1 Å². The summed E-state index contributed by atoms with van der Waals surface area (Å²) in [5, 5.41) is 0. The minimum Gasteiger partial charge on any atom is -0.464 e. The number of furan rings is 1. The van der Waals surface area contributed by atoms with Crippen LogP contribution in [-0.2, 0) is 6.54 Å². The van der Waals surface area contributed by atoms with E-state index in [0.29, 0.717) is 0 Å². The van der Waals surface area contributed by atoms with E-state index >= 15 is 0 Å². The van der Waals surface area contributed by atoms with Crippen molar-refractivity contribution in [3.8, 4) is 0 Å². The van der Waals surface area contributed by atoms with Gasteiger partial charge >= 0.3 is 0 Å². The first-order valence-electron chi connectivity index (χ1n) is 4.85. The molecule has 0 amide bonds. The molecule has 14 heavy (non-hydrogen) atoms. The molecule has 0 fully saturated rings. The topological polar surface area (TPSA) is 18.1 Å². The Kier molecular flexibility index (Phi) is 2.20. The average Bonchev–Trinajstić information content (AvgIpc) is 2.67. The summed E-state index contributed by atoms with van der Waals surface area (Å²) in [4.78, 5) is 0. The molecule has 74 valence electrons. The zero-order valence-corrected chi connectivity index (χ0v) is 8.87. The summed E-state index contributed by atoms with van der Waals surface area (Å²) in [6, 6.07) is 8.30. The second-order valence-electron chi connectivity index (χ2n) is 3.71. The van der Waals surface area contributed by atoms with Gasteiger partial charge in [0.2, 0.25) is 0 Å². The molecule has 0 aliphatic rings. The van der Waals surface area contributed by atoms with Gasteiger partial charge in [0.05, 0.1) is 6.54 Å². The van der Waals surface area contributed by atoms with Gasteiger partial charge in [-0.3, -0.25) is 0 Å². The third-order valence-electron chi connectivity index (χ3n) is 2.53. The molecule has 0 bridgehead atoms. The fourth-order valence-corrected chi connectivity index (χ4v) is 1.67. The van der Waals surface area contributed by atoms with Gasteiger partial charge in [-0.1, -0.05) is 0 Å². The summed E-state index contributed by atoms with van der Waals surface area (Å²) in [6.45, 7) is 7.03. The van der Waals surface area contributed by atoms with E-state index in [-0.39, 0.29) is 0 Å². The van der Waals surface area contributed by atoms with Crippen LogP contribution in [0, 0.1) is 20.8 Å². The number of rotatable bonds is 2. The van der Waals surface area contributed by atoms with Crippen molar-refractivity contribution in [3.63, 3.8) is 0 Å². The number of hydrogen-bond donors (Lipinski definition) is 0. The lowest BCUT2D eigenvalue weighted by molar-refractivity contribution is 0.466. The molecule has 0 N–H and O–H groups in total. The van der Waals surface area contributed by atoms with Crippen molar-refractivity contribution in [2.45, 2.75) is 27.3 Å². The van der Waals surface area contributed by atoms with E-state index in [4.69, 9.17) is 4.42 Å². The fraction of sp³-hybridized carbons (Fsp3) is 0.333. The fourth-order valence-electron chi connectivity index (χ4n) is 1.67. The van der Waals surface area contributed by atoms with Gasteiger partial charge < -0.3 is 8.98 Å². The van der Waals surface area contributed by atoms with Crippen LogP contribution in [-0.4, -0.2) is 4.57 Å². The van der Waals surface area contributed by atoms with Crippen molar-refractivity contribution in [3.05, 3.63) is 47.2 Å². The van der Waals surface area contributed by atoms with Crippen LogP contribution >= 0.6 is 0 Å². The zero-order chi connectivity index (χ0) is 10.1. The summed E-state index contributed by atoms with van der Waals surface area (Å²) in [7, 11) is 0. The molecule has 2 aromatic heterocycles. The summed E-state index contributed by atoms with van der Waals surface area (Å²) in [5.74, 6) is 1.99. The third-order valence-corrected chi connectivity index (χ3v) is 2.53. The number of hydrogen-bond acceptors (Lipinski definition) is 1. The highest BCUT2D eigenvalue weighted by atomic mass is 16.3. The first kappa shape index (κ1) is 9.13. The maximum Gasteiger partial charge on any atom is 0.123 e. The van der Waals surface area contributed by atoms with Crippen LogP contribution in [0.4, 0.5) is 0 Å². The SMILES string of the molecule is Cc1ccc(Cn2c(C)ccc2C)o1. The third kappa shape index (κ3) is 1.60. The highest BCUT2D eigenvalue weighted by molar-refractivity contribution is 5.16. The monoisotopic (exact) mass is 189 g/mol. The molecule has 0 radical (unpaired) electrons. The lowest BCUT2D eigenvalue weighted by Crippen LogP contribution is -2.02. The van der Waals surface area contributed by atoms with Crippen molar-refractivity contribution >= 4 is 0 Å². The molecule has 0 saturated carbocycles. The van der Waals surface area contributed by atoms with Gasteiger partial charge in [-0.05, 0) is 45.0 Å². The molecule has 0 saturated heterocycles. The van der Waals surface area contributed by atoms with Gasteiger partial charge in [0.25, 0.3) is 0 Å². The number of aryl methyl sites for hydroxylation is 3. The summed E-state index contributed by atoms with van der Waals surface area (Å²) < 4.78 is 7.79. The van der Waals surface area contributed by atoms with Gasteiger partial charge in [0.1, 0.15) is 11.5 Å². The molecule has 2 nitrogen and oxygen atoms in total. The highest BCUT2D eigenvalue weighted by Gasteiger charge is 2.04. The predicted octanol–water partition coefficient (Wildman–Crippen LogP) is 3.05. The summed E-state index contributed by atoms with van der Waals surface area (Å²) in [6.07, 6.45) is 0. The Morgan fingerprint density at radius 2 is 1.64 bits per heavy atom. The van der Waals surface area contributed by atoms with E-state index < -0.39 is 0 Å². The van der Waals surface area contributed by atoms with Crippen LogP contribution in [0.2, 0.25) is 0 Å². The van der Waals surface area contributed by atoms with E-state index in [1.165, 1.54) is 11.4 Å². The van der Waals surface area contributed by atoms with Gasteiger partial charge in [-0.2, -0.15) is 0 Å². The largest absolute Gasteiger partial charge is 0.464 e. The molecular weight excluding hydrogens is 174 g/mol. The molecule has 0 unspecified atom stereocenters. The molecule has 2 heteroatoms. The molecule has 2 aromatic rings. The Morgan fingerprint density at radius 3 is 2.14 bits per heavy atom. The maximum atomic E-state index is 5.55. The lowest BCUT2D eigenvalue weighted by atomic mass is 10.4.